The number of rotatable bonds is 2. The smallest absolute Gasteiger partial charge is 0.273 e. The van der Waals surface area contributed by atoms with E-state index in [2.05, 4.69) is 0 Å². The lowest BCUT2D eigenvalue weighted by Gasteiger charge is -2.20. The Labute approximate surface area is 104 Å². The van der Waals surface area contributed by atoms with Gasteiger partial charge in [0.1, 0.15) is 0 Å². The van der Waals surface area contributed by atoms with Gasteiger partial charge in [-0.25, -0.2) is 4.39 Å². The molecule has 1 aliphatic rings. The zero-order valence-corrected chi connectivity index (χ0v) is 9.67. The monoisotopic (exact) mass is 245 g/mol. The highest BCUT2D eigenvalue weighted by Crippen LogP contribution is 2.13. The van der Waals surface area contributed by atoms with Crippen molar-refractivity contribution in [2.75, 3.05) is 6.54 Å². The third-order valence-electron chi connectivity index (χ3n) is 2.59. The summed E-state index contributed by atoms with van der Waals surface area (Å²) in [6.45, 7) is 0.226. The molecule has 0 N–H and O–H groups in total. The van der Waals surface area contributed by atoms with Crippen LogP contribution >= 0.6 is 0 Å². The van der Waals surface area contributed by atoms with Gasteiger partial charge in [-0.2, -0.15) is 0 Å². The van der Waals surface area contributed by atoms with Gasteiger partial charge in [0, 0.05) is 6.54 Å². The first kappa shape index (κ1) is 12.2. The first-order valence-corrected chi connectivity index (χ1v) is 5.63. The summed E-state index contributed by atoms with van der Waals surface area (Å²) in [4.78, 5) is 24.1. The minimum atomic E-state index is -0.926. The normalized spacial score (nSPS) is 15.9. The van der Waals surface area contributed by atoms with Crippen molar-refractivity contribution in [3.63, 3.8) is 0 Å². The van der Waals surface area contributed by atoms with Crippen molar-refractivity contribution in [2.45, 2.75) is 6.42 Å². The Bertz CT molecular complexity index is 520. The van der Waals surface area contributed by atoms with Crippen molar-refractivity contribution >= 4 is 17.9 Å². The molecular formula is C14H12FNO2. The summed E-state index contributed by atoms with van der Waals surface area (Å²) in [7, 11) is 0. The van der Waals surface area contributed by atoms with Gasteiger partial charge in [-0.05, 0) is 24.1 Å². The van der Waals surface area contributed by atoms with E-state index in [-0.39, 0.29) is 6.54 Å². The maximum absolute atomic E-state index is 13.7. The van der Waals surface area contributed by atoms with E-state index >= 15 is 0 Å². The number of halogens is 1. The van der Waals surface area contributed by atoms with Gasteiger partial charge in [0.2, 0.25) is 0 Å². The van der Waals surface area contributed by atoms with Gasteiger partial charge in [0.15, 0.2) is 5.83 Å². The molecule has 0 saturated carbocycles. The Morgan fingerprint density at radius 1 is 1.28 bits per heavy atom. The minimum absolute atomic E-state index is 0.226. The molecule has 18 heavy (non-hydrogen) atoms. The van der Waals surface area contributed by atoms with Crippen LogP contribution in [0.1, 0.15) is 12.0 Å². The Balaban J connectivity index is 2.16. The predicted molar refractivity (Wildman–Crippen MR) is 66.0 cm³/mol. The summed E-state index contributed by atoms with van der Waals surface area (Å²) < 4.78 is 13.7. The van der Waals surface area contributed by atoms with E-state index in [9.17, 15) is 14.0 Å². The van der Waals surface area contributed by atoms with E-state index in [1.54, 1.807) is 36.4 Å². The highest BCUT2D eigenvalue weighted by Gasteiger charge is 2.24. The van der Waals surface area contributed by atoms with Crippen molar-refractivity contribution in [1.29, 1.82) is 0 Å². The average Bonchev–Trinajstić information content (AvgIpc) is 2.39. The lowest BCUT2D eigenvalue weighted by atomic mass is 10.2. The fourth-order valence-corrected chi connectivity index (χ4v) is 1.68. The Morgan fingerprint density at radius 2 is 2.00 bits per heavy atom. The van der Waals surface area contributed by atoms with E-state index in [1.165, 1.54) is 6.08 Å². The van der Waals surface area contributed by atoms with Crippen molar-refractivity contribution in [1.82, 2.24) is 4.90 Å². The van der Waals surface area contributed by atoms with Gasteiger partial charge >= 0.3 is 0 Å². The summed E-state index contributed by atoms with van der Waals surface area (Å²) >= 11 is 0. The van der Waals surface area contributed by atoms with Crippen LogP contribution in [0, 0.1) is 0 Å². The van der Waals surface area contributed by atoms with Gasteiger partial charge in [-0.3, -0.25) is 14.5 Å². The quantitative estimate of drug-likeness (QED) is 0.750. The largest absolute Gasteiger partial charge is 0.289 e. The minimum Gasteiger partial charge on any atom is -0.273 e. The van der Waals surface area contributed by atoms with Crippen LogP contribution in [-0.2, 0) is 9.59 Å². The third kappa shape index (κ3) is 2.71. The average molecular weight is 245 g/mol. The van der Waals surface area contributed by atoms with Crippen LogP contribution in [0.2, 0.25) is 0 Å². The molecule has 0 aliphatic carbocycles. The topological polar surface area (TPSA) is 37.4 Å². The molecule has 0 unspecified atom stereocenters. The van der Waals surface area contributed by atoms with Gasteiger partial charge in [0.05, 0.1) is 0 Å². The van der Waals surface area contributed by atoms with Crippen LogP contribution in [0.3, 0.4) is 0 Å². The predicted octanol–water partition coefficient (Wildman–Crippen LogP) is 2.31. The zero-order chi connectivity index (χ0) is 13.0. The molecule has 0 aromatic heterocycles. The fraction of sp³-hybridized carbons (Fsp3) is 0.143. The number of imide groups is 1. The van der Waals surface area contributed by atoms with Gasteiger partial charge in [0.25, 0.3) is 11.8 Å². The van der Waals surface area contributed by atoms with E-state index in [0.717, 1.165) is 11.0 Å². The van der Waals surface area contributed by atoms with E-state index in [1.807, 2.05) is 0 Å². The maximum Gasteiger partial charge on any atom is 0.289 e. The van der Waals surface area contributed by atoms with Crippen molar-refractivity contribution in [2.24, 2.45) is 0 Å². The van der Waals surface area contributed by atoms with Gasteiger partial charge < -0.3 is 0 Å². The number of carbonyl (C=O) groups is 2. The van der Waals surface area contributed by atoms with Crippen LogP contribution in [0.15, 0.2) is 48.3 Å². The summed E-state index contributed by atoms with van der Waals surface area (Å²) in [5.41, 5.74) is 0.586. The first-order valence-electron chi connectivity index (χ1n) is 5.63. The summed E-state index contributed by atoms with van der Waals surface area (Å²) in [5, 5.41) is 0. The van der Waals surface area contributed by atoms with Gasteiger partial charge in [-0.15, -0.1) is 0 Å². The molecule has 2 amide bonds. The van der Waals surface area contributed by atoms with E-state index < -0.39 is 17.6 Å². The van der Waals surface area contributed by atoms with Crippen LogP contribution in [0.25, 0.3) is 6.08 Å². The lowest BCUT2D eigenvalue weighted by molar-refractivity contribution is -0.140. The summed E-state index contributed by atoms with van der Waals surface area (Å²) in [5.74, 6) is -2.28. The van der Waals surface area contributed by atoms with Gasteiger partial charge in [-0.1, -0.05) is 36.4 Å². The molecule has 4 heteroatoms. The lowest BCUT2D eigenvalue weighted by Crippen LogP contribution is -2.38. The Hall–Kier alpha value is -2.23. The van der Waals surface area contributed by atoms with Crippen molar-refractivity contribution in [3.8, 4) is 0 Å². The maximum atomic E-state index is 13.7. The van der Waals surface area contributed by atoms with Crippen LogP contribution in [0.5, 0.6) is 0 Å². The molecule has 2 rings (SSSR count). The summed E-state index contributed by atoms with van der Waals surface area (Å²) in [6, 6.07) is 8.67. The molecule has 1 heterocycles. The van der Waals surface area contributed by atoms with Crippen molar-refractivity contribution < 1.29 is 14.0 Å². The molecule has 3 nitrogen and oxygen atoms in total. The molecule has 1 aromatic rings. The highest BCUT2D eigenvalue weighted by molar-refractivity contribution is 6.08. The second kappa shape index (κ2) is 5.40. The molecule has 0 atom stereocenters. The number of nitrogens with zero attached hydrogens (tertiary/aromatic N) is 1. The third-order valence-corrected chi connectivity index (χ3v) is 2.59. The number of hydrogen-bond donors (Lipinski definition) is 0. The van der Waals surface area contributed by atoms with Crippen LogP contribution in [-0.4, -0.2) is 23.3 Å². The van der Waals surface area contributed by atoms with Crippen molar-refractivity contribution in [3.05, 3.63) is 53.9 Å². The molecule has 0 saturated heterocycles. The molecule has 0 spiro atoms. The molecule has 0 fully saturated rings. The molecular weight excluding hydrogens is 233 g/mol. The molecule has 1 aliphatic heterocycles. The fourth-order valence-electron chi connectivity index (χ4n) is 1.68. The summed E-state index contributed by atoms with van der Waals surface area (Å²) in [6.07, 6.45) is 4.66. The van der Waals surface area contributed by atoms with E-state index in [0.29, 0.717) is 12.0 Å². The highest BCUT2D eigenvalue weighted by atomic mass is 19.1. The number of hydrogen-bond acceptors (Lipinski definition) is 2. The first-order chi connectivity index (χ1) is 8.68. The second-order valence-electron chi connectivity index (χ2n) is 3.89. The second-order valence-corrected chi connectivity index (χ2v) is 3.89. The standard InChI is InChI=1S/C14H12FNO2/c15-12(10-11-6-2-1-3-7-11)14(18)16-9-5-4-8-13(16)17/h1-4,6-8,10H,5,9H2/b12-10-. The number of amides is 2. The number of carbonyl (C=O) groups excluding carboxylic acids is 2. The van der Waals surface area contributed by atoms with Crippen LogP contribution < -0.4 is 0 Å². The molecule has 1 aromatic carbocycles. The SMILES string of the molecule is O=C1C=CCCN1C(=O)/C(F)=C/c1ccccc1. The van der Waals surface area contributed by atoms with E-state index in [4.69, 9.17) is 0 Å². The molecule has 0 radical (unpaired) electrons. The zero-order valence-electron chi connectivity index (χ0n) is 9.67. The number of benzene rings is 1. The Kier molecular flexibility index (Phi) is 3.67. The van der Waals surface area contributed by atoms with Crippen LogP contribution in [0.4, 0.5) is 4.39 Å². The molecule has 0 bridgehead atoms. The molecule has 92 valence electrons. The Morgan fingerprint density at radius 3 is 2.67 bits per heavy atom.